The fraction of sp³-hybridized carbons (Fsp3) is 0.0833. The van der Waals surface area contributed by atoms with Gasteiger partial charge in [-0.25, -0.2) is 9.59 Å². The topological polar surface area (TPSA) is 52.6 Å². The summed E-state index contributed by atoms with van der Waals surface area (Å²) in [5.41, 5.74) is 3.97. The zero-order valence-electron chi connectivity index (χ0n) is 15.6. The van der Waals surface area contributed by atoms with E-state index < -0.39 is 11.9 Å². The van der Waals surface area contributed by atoms with Gasteiger partial charge in [0.25, 0.3) is 0 Å². The van der Waals surface area contributed by atoms with Crippen LogP contribution in [0.1, 0.15) is 31.8 Å². The maximum Gasteiger partial charge on any atom is 0.338 e. The number of rotatable bonds is 3. The van der Waals surface area contributed by atoms with Gasteiger partial charge in [-0.3, -0.25) is 0 Å². The Morgan fingerprint density at radius 1 is 0.643 bits per heavy atom. The summed E-state index contributed by atoms with van der Waals surface area (Å²) in [5, 5.41) is 0. The van der Waals surface area contributed by atoms with Crippen LogP contribution in [-0.4, -0.2) is 26.2 Å². The summed E-state index contributed by atoms with van der Waals surface area (Å²) >= 11 is 0. The molecule has 3 aromatic rings. The van der Waals surface area contributed by atoms with Crippen LogP contribution in [0.25, 0.3) is 11.1 Å². The molecule has 0 bridgehead atoms. The van der Waals surface area contributed by atoms with Crippen LogP contribution < -0.4 is 0 Å². The van der Waals surface area contributed by atoms with Gasteiger partial charge in [0.05, 0.1) is 25.3 Å². The summed E-state index contributed by atoms with van der Waals surface area (Å²) in [6.07, 6.45) is 0. The molecule has 138 valence electrons. The molecular weight excluding hydrogens is 352 g/mol. The molecule has 0 N–H and O–H groups in total. The number of ether oxygens (including phenoxy) is 2. The van der Waals surface area contributed by atoms with Gasteiger partial charge in [0.2, 0.25) is 0 Å². The van der Waals surface area contributed by atoms with Gasteiger partial charge in [-0.1, -0.05) is 54.3 Å². The maximum absolute atomic E-state index is 12.0. The molecule has 4 heteroatoms. The molecule has 3 aromatic carbocycles. The lowest BCUT2D eigenvalue weighted by Gasteiger charge is -2.06. The van der Waals surface area contributed by atoms with Crippen molar-refractivity contribution >= 4 is 11.9 Å². The first kappa shape index (κ1) is 18.9. The molecule has 0 unspecified atom stereocenters. The van der Waals surface area contributed by atoms with Crippen molar-refractivity contribution in [3.63, 3.8) is 0 Å². The highest BCUT2D eigenvalue weighted by atomic mass is 16.5. The third-order valence-electron chi connectivity index (χ3n) is 4.17. The van der Waals surface area contributed by atoms with Crippen LogP contribution in [-0.2, 0) is 9.47 Å². The van der Waals surface area contributed by atoms with Gasteiger partial charge < -0.3 is 9.47 Å². The van der Waals surface area contributed by atoms with E-state index in [1.807, 2.05) is 42.5 Å². The molecule has 3 rings (SSSR count). The first-order valence-electron chi connectivity index (χ1n) is 8.60. The van der Waals surface area contributed by atoms with Crippen LogP contribution in [0.15, 0.2) is 72.8 Å². The van der Waals surface area contributed by atoms with Crippen LogP contribution in [0.4, 0.5) is 0 Å². The predicted octanol–water partition coefficient (Wildman–Crippen LogP) is 4.33. The van der Waals surface area contributed by atoms with Crippen molar-refractivity contribution in [1.82, 2.24) is 0 Å². The second-order valence-electron chi connectivity index (χ2n) is 5.94. The number of esters is 2. The van der Waals surface area contributed by atoms with Crippen LogP contribution in [0.3, 0.4) is 0 Å². The third kappa shape index (κ3) is 4.28. The number of methoxy groups -OCH3 is 2. The Labute approximate surface area is 163 Å². The zero-order valence-corrected chi connectivity index (χ0v) is 15.6. The van der Waals surface area contributed by atoms with E-state index in [0.717, 1.165) is 16.7 Å². The van der Waals surface area contributed by atoms with Gasteiger partial charge in [0.1, 0.15) is 0 Å². The summed E-state index contributed by atoms with van der Waals surface area (Å²) in [5.74, 6) is 4.87. The molecule has 0 saturated carbocycles. The van der Waals surface area contributed by atoms with E-state index in [0.29, 0.717) is 5.56 Å². The lowest BCUT2D eigenvalue weighted by atomic mass is 10.0. The highest BCUT2D eigenvalue weighted by Gasteiger charge is 2.18. The van der Waals surface area contributed by atoms with Gasteiger partial charge in [-0.2, -0.15) is 0 Å². The molecule has 0 spiro atoms. The minimum Gasteiger partial charge on any atom is -0.465 e. The SMILES string of the molecule is COC(=O)c1ccc(C#Cc2ccc(-c3ccccc3)cc2)cc1C(=O)OC. The van der Waals surface area contributed by atoms with E-state index in [-0.39, 0.29) is 11.1 Å². The van der Waals surface area contributed by atoms with E-state index in [4.69, 9.17) is 9.47 Å². The molecule has 0 aliphatic heterocycles. The van der Waals surface area contributed by atoms with Crippen molar-refractivity contribution in [3.8, 4) is 23.0 Å². The molecule has 0 radical (unpaired) electrons. The normalized spacial score (nSPS) is 9.79. The van der Waals surface area contributed by atoms with Crippen molar-refractivity contribution in [2.24, 2.45) is 0 Å². The molecule has 0 aromatic heterocycles. The van der Waals surface area contributed by atoms with Crippen LogP contribution in [0.2, 0.25) is 0 Å². The first-order valence-corrected chi connectivity index (χ1v) is 8.60. The van der Waals surface area contributed by atoms with Gasteiger partial charge in [0.15, 0.2) is 0 Å². The molecule has 0 amide bonds. The monoisotopic (exact) mass is 370 g/mol. The van der Waals surface area contributed by atoms with Crippen LogP contribution >= 0.6 is 0 Å². The van der Waals surface area contributed by atoms with Gasteiger partial charge in [-0.05, 0) is 41.5 Å². The molecular formula is C24H18O4. The van der Waals surface area contributed by atoms with Gasteiger partial charge in [-0.15, -0.1) is 0 Å². The van der Waals surface area contributed by atoms with E-state index in [9.17, 15) is 9.59 Å². The fourth-order valence-electron chi connectivity index (χ4n) is 2.71. The van der Waals surface area contributed by atoms with E-state index in [2.05, 4.69) is 24.0 Å². The smallest absolute Gasteiger partial charge is 0.338 e. The number of benzene rings is 3. The lowest BCUT2D eigenvalue weighted by molar-refractivity contribution is 0.0555. The summed E-state index contributed by atoms with van der Waals surface area (Å²) in [4.78, 5) is 23.8. The minimum absolute atomic E-state index is 0.126. The van der Waals surface area contributed by atoms with Crippen molar-refractivity contribution in [1.29, 1.82) is 0 Å². The number of hydrogen-bond acceptors (Lipinski definition) is 4. The Morgan fingerprint density at radius 3 is 1.82 bits per heavy atom. The number of carbonyl (C=O) groups is 2. The predicted molar refractivity (Wildman–Crippen MR) is 107 cm³/mol. The Bertz CT molecular complexity index is 1060. The Morgan fingerprint density at radius 2 is 1.18 bits per heavy atom. The van der Waals surface area contributed by atoms with Gasteiger partial charge >= 0.3 is 11.9 Å². The summed E-state index contributed by atoms with van der Waals surface area (Å²) < 4.78 is 9.46. The van der Waals surface area contributed by atoms with Crippen molar-refractivity contribution < 1.29 is 19.1 Å². The average Bonchev–Trinajstić information content (AvgIpc) is 2.77. The lowest BCUT2D eigenvalue weighted by Crippen LogP contribution is -2.12. The van der Waals surface area contributed by atoms with E-state index in [1.54, 1.807) is 6.07 Å². The molecule has 4 nitrogen and oxygen atoms in total. The highest BCUT2D eigenvalue weighted by molar-refractivity contribution is 6.03. The van der Waals surface area contributed by atoms with Crippen molar-refractivity contribution in [3.05, 3.63) is 95.1 Å². The minimum atomic E-state index is -0.615. The molecule has 0 saturated heterocycles. The fourth-order valence-corrected chi connectivity index (χ4v) is 2.71. The molecule has 28 heavy (non-hydrogen) atoms. The molecule has 0 fully saturated rings. The van der Waals surface area contributed by atoms with E-state index >= 15 is 0 Å². The third-order valence-corrected chi connectivity index (χ3v) is 4.17. The molecule has 0 heterocycles. The molecule has 0 aliphatic carbocycles. The Hall–Kier alpha value is -3.84. The quantitative estimate of drug-likeness (QED) is 0.509. The zero-order chi connectivity index (χ0) is 19.9. The highest BCUT2D eigenvalue weighted by Crippen LogP contribution is 2.19. The Balaban J connectivity index is 1.87. The second kappa shape index (κ2) is 8.70. The summed E-state index contributed by atoms with van der Waals surface area (Å²) in [6.45, 7) is 0. The summed E-state index contributed by atoms with van der Waals surface area (Å²) in [6, 6.07) is 22.7. The number of carbonyl (C=O) groups excluding carboxylic acids is 2. The number of hydrogen-bond donors (Lipinski definition) is 0. The summed E-state index contributed by atoms with van der Waals surface area (Å²) in [7, 11) is 2.52. The largest absolute Gasteiger partial charge is 0.465 e. The van der Waals surface area contributed by atoms with Crippen molar-refractivity contribution in [2.75, 3.05) is 14.2 Å². The average molecular weight is 370 g/mol. The van der Waals surface area contributed by atoms with Crippen molar-refractivity contribution in [2.45, 2.75) is 0 Å². The standard InChI is InChI=1S/C24H18O4/c1-27-23(25)21-15-12-18(16-22(21)24(26)28-2)9-8-17-10-13-20(14-11-17)19-6-4-3-5-7-19/h3-7,10-16H,1-2H3. The van der Waals surface area contributed by atoms with Crippen LogP contribution in [0, 0.1) is 11.8 Å². The van der Waals surface area contributed by atoms with Crippen LogP contribution in [0.5, 0.6) is 0 Å². The Kier molecular flexibility index (Phi) is 5.88. The second-order valence-corrected chi connectivity index (χ2v) is 5.94. The first-order chi connectivity index (χ1) is 13.6. The molecule has 0 aliphatic rings. The van der Waals surface area contributed by atoms with Gasteiger partial charge in [0, 0.05) is 11.1 Å². The van der Waals surface area contributed by atoms with E-state index in [1.165, 1.54) is 26.4 Å². The molecule has 0 atom stereocenters. The maximum atomic E-state index is 12.0.